The van der Waals surface area contributed by atoms with Crippen molar-refractivity contribution >= 4 is 0 Å². The second kappa shape index (κ2) is 5.37. The Bertz CT molecular complexity index is 427. The summed E-state index contributed by atoms with van der Waals surface area (Å²) in [5, 5.41) is 7.09. The molecular formula is C11H14N4O. The minimum Gasteiger partial charge on any atom is -0.339 e. The highest BCUT2D eigenvalue weighted by Gasteiger charge is 2.08. The van der Waals surface area contributed by atoms with Crippen LogP contribution in [-0.4, -0.2) is 28.2 Å². The molecule has 0 spiro atoms. The first-order valence-corrected chi connectivity index (χ1v) is 5.35. The molecule has 1 N–H and O–H groups in total. The van der Waals surface area contributed by atoms with Gasteiger partial charge in [0.2, 0.25) is 11.7 Å². The lowest BCUT2D eigenvalue weighted by molar-refractivity contribution is 0.376. The zero-order valence-electron chi connectivity index (χ0n) is 9.18. The van der Waals surface area contributed by atoms with Gasteiger partial charge in [0.25, 0.3) is 0 Å². The fraction of sp³-hybridized carbons (Fsp3) is 0.364. The monoisotopic (exact) mass is 218 g/mol. The summed E-state index contributed by atoms with van der Waals surface area (Å²) in [5.41, 5.74) is 0.737. The number of hydrogen-bond donors (Lipinski definition) is 1. The Morgan fingerprint density at radius 1 is 1.38 bits per heavy atom. The third kappa shape index (κ3) is 2.64. The fourth-order valence-corrected chi connectivity index (χ4v) is 1.33. The normalized spacial score (nSPS) is 10.6. The van der Waals surface area contributed by atoms with E-state index >= 15 is 0 Å². The van der Waals surface area contributed by atoms with Crippen LogP contribution in [0.1, 0.15) is 12.8 Å². The van der Waals surface area contributed by atoms with Gasteiger partial charge >= 0.3 is 0 Å². The number of hydrogen-bond acceptors (Lipinski definition) is 5. The zero-order valence-corrected chi connectivity index (χ0v) is 9.18. The molecule has 2 aromatic rings. The highest BCUT2D eigenvalue weighted by molar-refractivity contribution is 5.46. The second-order valence-corrected chi connectivity index (χ2v) is 3.33. The van der Waals surface area contributed by atoms with Crippen molar-refractivity contribution in [2.24, 2.45) is 0 Å². The molecule has 2 heterocycles. The Labute approximate surface area is 93.9 Å². The van der Waals surface area contributed by atoms with Crippen LogP contribution in [-0.2, 0) is 6.42 Å². The minimum atomic E-state index is 0.548. The summed E-state index contributed by atoms with van der Waals surface area (Å²) in [4.78, 5) is 8.43. The van der Waals surface area contributed by atoms with Crippen LogP contribution in [0.5, 0.6) is 0 Å². The van der Waals surface area contributed by atoms with E-state index in [2.05, 4.69) is 27.4 Å². The second-order valence-electron chi connectivity index (χ2n) is 3.33. The van der Waals surface area contributed by atoms with Crippen LogP contribution in [0.15, 0.2) is 28.9 Å². The van der Waals surface area contributed by atoms with E-state index in [0.717, 1.165) is 25.2 Å². The van der Waals surface area contributed by atoms with E-state index in [9.17, 15) is 0 Å². The van der Waals surface area contributed by atoms with Gasteiger partial charge in [-0.25, -0.2) is 0 Å². The molecule has 0 atom stereocenters. The van der Waals surface area contributed by atoms with Crippen LogP contribution < -0.4 is 5.32 Å². The molecule has 0 aliphatic carbocycles. The maximum absolute atomic E-state index is 5.12. The molecule has 0 aliphatic rings. The molecule has 84 valence electrons. The van der Waals surface area contributed by atoms with Crippen LogP contribution >= 0.6 is 0 Å². The van der Waals surface area contributed by atoms with Crippen molar-refractivity contribution in [1.82, 2.24) is 20.4 Å². The van der Waals surface area contributed by atoms with Gasteiger partial charge < -0.3 is 9.84 Å². The molecule has 0 saturated heterocycles. The van der Waals surface area contributed by atoms with Crippen molar-refractivity contribution in [2.75, 3.05) is 13.1 Å². The molecule has 0 saturated carbocycles. The molecular weight excluding hydrogens is 204 g/mol. The molecule has 0 radical (unpaired) electrons. The topological polar surface area (TPSA) is 63.8 Å². The van der Waals surface area contributed by atoms with Crippen LogP contribution in [0.2, 0.25) is 0 Å². The lowest BCUT2D eigenvalue weighted by Gasteiger charge is -1.95. The Hall–Kier alpha value is -1.75. The molecule has 2 aromatic heterocycles. The van der Waals surface area contributed by atoms with Gasteiger partial charge in [-0.2, -0.15) is 4.98 Å². The van der Waals surface area contributed by atoms with Gasteiger partial charge in [-0.05, 0) is 18.7 Å². The summed E-state index contributed by atoms with van der Waals surface area (Å²) in [5.74, 6) is 1.19. The van der Waals surface area contributed by atoms with Crippen molar-refractivity contribution in [1.29, 1.82) is 0 Å². The largest absolute Gasteiger partial charge is 0.339 e. The Kier molecular flexibility index (Phi) is 3.61. The summed E-state index contributed by atoms with van der Waals surface area (Å²) < 4.78 is 5.12. The summed E-state index contributed by atoms with van der Waals surface area (Å²) in [6, 6.07) is 5.62. The first-order chi connectivity index (χ1) is 7.90. The molecule has 5 heteroatoms. The molecule has 0 bridgehead atoms. The van der Waals surface area contributed by atoms with Crippen molar-refractivity contribution in [3.8, 4) is 11.5 Å². The first kappa shape index (κ1) is 10.8. The average molecular weight is 218 g/mol. The van der Waals surface area contributed by atoms with E-state index in [-0.39, 0.29) is 0 Å². The van der Waals surface area contributed by atoms with Crippen molar-refractivity contribution in [3.63, 3.8) is 0 Å². The number of nitrogens with one attached hydrogen (secondary N) is 1. The van der Waals surface area contributed by atoms with E-state index in [0.29, 0.717) is 11.7 Å². The number of rotatable bonds is 5. The molecule has 2 rings (SSSR count). The Balaban J connectivity index is 2.02. The van der Waals surface area contributed by atoms with Gasteiger partial charge in [-0.3, -0.25) is 4.98 Å². The molecule has 0 unspecified atom stereocenters. The maximum Gasteiger partial charge on any atom is 0.228 e. The minimum absolute atomic E-state index is 0.548. The number of pyridine rings is 1. The highest BCUT2D eigenvalue weighted by Crippen LogP contribution is 2.11. The van der Waals surface area contributed by atoms with Gasteiger partial charge in [-0.15, -0.1) is 0 Å². The number of aromatic nitrogens is 3. The lowest BCUT2D eigenvalue weighted by atomic mass is 10.3. The molecule has 16 heavy (non-hydrogen) atoms. The third-order valence-corrected chi connectivity index (χ3v) is 2.13. The summed E-state index contributed by atoms with van der Waals surface area (Å²) >= 11 is 0. The Morgan fingerprint density at radius 2 is 2.31 bits per heavy atom. The van der Waals surface area contributed by atoms with Gasteiger partial charge in [0.15, 0.2) is 0 Å². The van der Waals surface area contributed by atoms with Crippen LogP contribution in [0.3, 0.4) is 0 Å². The average Bonchev–Trinajstić information content (AvgIpc) is 2.79. The predicted octanol–water partition coefficient (Wildman–Crippen LogP) is 1.28. The Morgan fingerprint density at radius 3 is 3.06 bits per heavy atom. The lowest BCUT2D eigenvalue weighted by Crippen LogP contribution is -2.16. The van der Waals surface area contributed by atoms with E-state index < -0.39 is 0 Å². The summed E-state index contributed by atoms with van der Waals surface area (Å²) in [7, 11) is 0. The third-order valence-electron chi connectivity index (χ3n) is 2.13. The summed E-state index contributed by atoms with van der Waals surface area (Å²) in [6.45, 7) is 3.86. The van der Waals surface area contributed by atoms with E-state index in [1.807, 2.05) is 18.2 Å². The molecule has 0 amide bonds. The van der Waals surface area contributed by atoms with Crippen molar-refractivity contribution < 1.29 is 4.52 Å². The number of nitrogens with zero attached hydrogens (tertiary/aromatic N) is 3. The standard InChI is InChI=1S/C11H14N4O/c1-2-12-8-6-10-14-11(15-16-10)9-5-3-4-7-13-9/h3-5,7,12H,2,6,8H2,1H3. The van der Waals surface area contributed by atoms with Crippen LogP contribution in [0, 0.1) is 0 Å². The SMILES string of the molecule is CCNCCc1nc(-c2ccccn2)no1. The molecule has 0 aliphatic heterocycles. The number of likely N-dealkylation sites (N-methyl/N-ethyl adjacent to an activating group) is 1. The first-order valence-electron chi connectivity index (χ1n) is 5.35. The molecule has 0 aromatic carbocycles. The predicted molar refractivity (Wildman–Crippen MR) is 59.8 cm³/mol. The summed E-state index contributed by atoms with van der Waals surface area (Å²) in [6.07, 6.45) is 2.46. The van der Waals surface area contributed by atoms with Gasteiger partial charge in [-0.1, -0.05) is 18.1 Å². The van der Waals surface area contributed by atoms with E-state index in [4.69, 9.17) is 4.52 Å². The zero-order chi connectivity index (χ0) is 11.2. The molecule has 0 fully saturated rings. The van der Waals surface area contributed by atoms with E-state index in [1.165, 1.54) is 0 Å². The van der Waals surface area contributed by atoms with Gasteiger partial charge in [0.1, 0.15) is 5.69 Å². The van der Waals surface area contributed by atoms with Gasteiger partial charge in [0, 0.05) is 19.2 Å². The van der Waals surface area contributed by atoms with Crippen molar-refractivity contribution in [2.45, 2.75) is 13.3 Å². The molecule has 5 nitrogen and oxygen atoms in total. The maximum atomic E-state index is 5.12. The quantitative estimate of drug-likeness (QED) is 0.766. The fourth-order valence-electron chi connectivity index (χ4n) is 1.33. The van der Waals surface area contributed by atoms with Crippen molar-refractivity contribution in [3.05, 3.63) is 30.3 Å². The van der Waals surface area contributed by atoms with Crippen LogP contribution in [0.25, 0.3) is 11.5 Å². The van der Waals surface area contributed by atoms with Crippen LogP contribution in [0.4, 0.5) is 0 Å². The van der Waals surface area contributed by atoms with Gasteiger partial charge in [0.05, 0.1) is 0 Å². The van der Waals surface area contributed by atoms with E-state index in [1.54, 1.807) is 6.20 Å². The highest BCUT2D eigenvalue weighted by atomic mass is 16.5. The smallest absolute Gasteiger partial charge is 0.228 e.